The predicted octanol–water partition coefficient (Wildman–Crippen LogP) is 13.1. The zero-order valence-electron chi connectivity index (χ0n) is 26.0. The van der Waals surface area contributed by atoms with Crippen molar-refractivity contribution in [1.82, 2.24) is 0 Å². The molecule has 0 bridgehead atoms. The predicted molar refractivity (Wildman–Crippen MR) is 171 cm³/mol. The van der Waals surface area contributed by atoms with E-state index in [1.165, 1.54) is 186 Å². The van der Waals surface area contributed by atoms with Crippen molar-refractivity contribution < 1.29 is 0 Å². The van der Waals surface area contributed by atoms with Crippen molar-refractivity contribution in [3.8, 4) is 0 Å². The van der Waals surface area contributed by atoms with Crippen molar-refractivity contribution in [3.05, 3.63) is 23.9 Å². The summed E-state index contributed by atoms with van der Waals surface area (Å²) in [7, 11) is 0. The summed E-state index contributed by atoms with van der Waals surface area (Å²) in [6, 6.07) is 0. The standard InChI is InChI=1S/C36H71N/c1-3-5-7-9-11-13-15-17-19-21-23-25-27-29-31-33-35-36(37)34-32-30-28-26-24-22-20-18-16-14-12-10-8-6-4-2/h18,20,35H,3-17,19,21-34,37H2,1-2H3/b20-18-,36-35?. The Hall–Kier alpha value is -0.720. The fourth-order valence-corrected chi connectivity index (χ4v) is 5.31. The van der Waals surface area contributed by atoms with Gasteiger partial charge in [-0.05, 0) is 51.4 Å². The lowest BCUT2D eigenvalue weighted by molar-refractivity contribution is 0.532. The highest BCUT2D eigenvalue weighted by molar-refractivity contribution is 4.95. The Balaban J connectivity index is 3.26. The fraction of sp³-hybridized carbons (Fsp3) is 0.889. The van der Waals surface area contributed by atoms with E-state index < -0.39 is 0 Å². The number of unbranched alkanes of at least 4 members (excludes halogenated alkanes) is 26. The lowest BCUT2D eigenvalue weighted by Crippen LogP contribution is -1.97. The van der Waals surface area contributed by atoms with Crippen molar-refractivity contribution >= 4 is 0 Å². The fourth-order valence-electron chi connectivity index (χ4n) is 5.31. The summed E-state index contributed by atoms with van der Waals surface area (Å²) in [5, 5.41) is 0. The molecule has 220 valence electrons. The van der Waals surface area contributed by atoms with Crippen molar-refractivity contribution in [2.75, 3.05) is 0 Å². The number of hydrogen-bond acceptors (Lipinski definition) is 1. The molecule has 0 aliphatic rings. The van der Waals surface area contributed by atoms with E-state index in [0.29, 0.717) is 0 Å². The Morgan fingerprint density at radius 3 is 1.05 bits per heavy atom. The molecule has 0 aliphatic heterocycles. The van der Waals surface area contributed by atoms with E-state index in [2.05, 4.69) is 32.1 Å². The maximum atomic E-state index is 6.24. The molecule has 0 saturated heterocycles. The topological polar surface area (TPSA) is 26.0 Å². The van der Waals surface area contributed by atoms with Crippen LogP contribution in [0.1, 0.15) is 206 Å². The summed E-state index contributed by atoms with van der Waals surface area (Å²) in [5.74, 6) is 0. The molecular formula is C36H71N. The molecule has 0 aromatic carbocycles. The first-order chi connectivity index (χ1) is 18.3. The Labute approximate surface area is 235 Å². The van der Waals surface area contributed by atoms with Crippen LogP contribution in [0.15, 0.2) is 23.9 Å². The largest absolute Gasteiger partial charge is 0.402 e. The van der Waals surface area contributed by atoms with Crippen molar-refractivity contribution in [2.45, 2.75) is 206 Å². The molecule has 1 nitrogen and oxygen atoms in total. The van der Waals surface area contributed by atoms with Gasteiger partial charge in [-0.2, -0.15) is 0 Å². The molecule has 0 rings (SSSR count). The minimum absolute atomic E-state index is 1.11. The van der Waals surface area contributed by atoms with Crippen LogP contribution in [0.2, 0.25) is 0 Å². The van der Waals surface area contributed by atoms with Crippen LogP contribution in [0.4, 0.5) is 0 Å². The van der Waals surface area contributed by atoms with Gasteiger partial charge < -0.3 is 5.73 Å². The molecule has 0 aromatic rings. The molecule has 0 spiro atoms. The number of hydrogen-bond donors (Lipinski definition) is 1. The quantitative estimate of drug-likeness (QED) is 0.0718. The van der Waals surface area contributed by atoms with Gasteiger partial charge in [-0.3, -0.25) is 0 Å². The molecular weight excluding hydrogens is 446 g/mol. The molecule has 0 amide bonds. The van der Waals surface area contributed by atoms with E-state index >= 15 is 0 Å². The van der Waals surface area contributed by atoms with Crippen LogP contribution in [-0.4, -0.2) is 0 Å². The highest BCUT2D eigenvalue weighted by Gasteiger charge is 1.96. The highest BCUT2D eigenvalue weighted by Crippen LogP contribution is 2.15. The van der Waals surface area contributed by atoms with Crippen molar-refractivity contribution in [1.29, 1.82) is 0 Å². The molecule has 0 saturated carbocycles. The van der Waals surface area contributed by atoms with Gasteiger partial charge in [0.25, 0.3) is 0 Å². The van der Waals surface area contributed by atoms with E-state index in [0.717, 1.165) is 12.1 Å². The van der Waals surface area contributed by atoms with Gasteiger partial charge in [-0.25, -0.2) is 0 Å². The van der Waals surface area contributed by atoms with Crippen LogP contribution in [-0.2, 0) is 0 Å². The molecule has 0 atom stereocenters. The number of nitrogens with two attached hydrogens (primary N) is 1. The van der Waals surface area contributed by atoms with Crippen LogP contribution < -0.4 is 5.73 Å². The van der Waals surface area contributed by atoms with E-state index in [1.807, 2.05) is 0 Å². The van der Waals surface area contributed by atoms with Crippen LogP contribution in [0.5, 0.6) is 0 Å². The third-order valence-electron chi connectivity index (χ3n) is 7.94. The van der Waals surface area contributed by atoms with Crippen molar-refractivity contribution in [2.24, 2.45) is 5.73 Å². The normalized spacial score (nSPS) is 12.2. The van der Waals surface area contributed by atoms with Gasteiger partial charge in [0.15, 0.2) is 0 Å². The lowest BCUT2D eigenvalue weighted by Gasteiger charge is -2.04. The summed E-state index contributed by atoms with van der Waals surface area (Å²) < 4.78 is 0. The van der Waals surface area contributed by atoms with Gasteiger partial charge in [0.2, 0.25) is 0 Å². The maximum Gasteiger partial charge on any atom is 0.00399 e. The molecule has 0 fully saturated rings. The Bertz CT molecular complexity index is 463. The molecule has 0 aromatic heterocycles. The average Bonchev–Trinajstić information content (AvgIpc) is 2.90. The first-order valence-corrected chi connectivity index (χ1v) is 17.4. The maximum absolute atomic E-state index is 6.24. The molecule has 0 unspecified atom stereocenters. The van der Waals surface area contributed by atoms with Gasteiger partial charge in [0.05, 0.1) is 0 Å². The number of rotatable bonds is 31. The molecule has 2 N–H and O–H groups in total. The summed E-state index contributed by atoms with van der Waals surface area (Å²) in [5.41, 5.74) is 7.38. The Morgan fingerprint density at radius 2 is 0.676 bits per heavy atom. The molecule has 37 heavy (non-hydrogen) atoms. The Kier molecular flexibility index (Phi) is 32.7. The Morgan fingerprint density at radius 1 is 0.378 bits per heavy atom. The third kappa shape index (κ3) is 33.3. The van der Waals surface area contributed by atoms with Crippen molar-refractivity contribution in [3.63, 3.8) is 0 Å². The van der Waals surface area contributed by atoms with Crippen LogP contribution >= 0.6 is 0 Å². The molecule has 0 heterocycles. The van der Waals surface area contributed by atoms with Gasteiger partial charge in [-0.15, -0.1) is 0 Å². The van der Waals surface area contributed by atoms with Crippen LogP contribution in [0.25, 0.3) is 0 Å². The molecule has 1 heteroatoms. The van der Waals surface area contributed by atoms with Gasteiger partial charge >= 0.3 is 0 Å². The summed E-state index contributed by atoms with van der Waals surface area (Å²) >= 11 is 0. The summed E-state index contributed by atoms with van der Waals surface area (Å²) in [4.78, 5) is 0. The first kappa shape index (κ1) is 36.3. The average molecular weight is 518 g/mol. The zero-order chi connectivity index (χ0) is 26.9. The van der Waals surface area contributed by atoms with E-state index in [4.69, 9.17) is 5.73 Å². The third-order valence-corrected chi connectivity index (χ3v) is 7.94. The van der Waals surface area contributed by atoms with Crippen LogP contribution in [0, 0.1) is 0 Å². The smallest absolute Gasteiger partial charge is 0.00399 e. The van der Waals surface area contributed by atoms with E-state index in [1.54, 1.807) is 0 Å². The zero-order valence-corrected chi connectivity index (χ0v) is 26.0. The highest BCUT2D eigenvalue weighted by atomic mass is 14.6. The van der Waals surface area contributed by atoms with E-state index in [-0.39, 0.29) is 0 Å². The van der Waals surface area contributed by atoms with Gasteiger partial charge in [0, 0.05) is 5.70 Å². The second-order valence-electron chi connectivity index (χ2n) is 11.9. The summed E-state index contributed by atoms with van der Waals surface area (Å²) in [6.45, 7) is 4.59. The van der Waals surface area contributed by atoms with Crippen LogP contribution in [0.3, 0.4) is 0 Å². The SMILES string of the molecule is CCCCCCCC/C=C\CCCCCCCC(N)=CCCCCCCCCCCCCCCCCC. The minimum atomic E-state index is 1.11. The van der Waals surface area contributed by atoms with Gasteiger partial charge in [0.1, 0.15) is 0 Å². The minimum Gasteiger partial charge on any atom is -0.402 e. The molecule has 0 aliphatic carbocycles. The second-order valence-corrected chi connectivity index (χ2v) is 11.9. The number of allylic oxidation sites excluding steroid dienone is 4. The molecule has 0 radical (unpaired) electrons. The lowest BCUT2D eigenvalue weighted by atomic mass is 10.0. The monoisotopic (exact) mass is 518 g/mol. The first-order valence-electron chi connectivity index (χ1n) is 17.4. The van der Waals surface area contributed by atoms with E-state index in [9.17, 15) is 0 Å². The summed E-state index contributed by atoms with van der Waals surface area (Å²) in [6.07, 6.45) is 48.7. The second kappa shape index (κ2) is 33.3. The van der Waals surface area contributed by atoms with Gasteiger partial charge in [-0.1, -0.05) is 173 Å².